The second kappa shape index (κ2) is 8.87. The number of aryl methyl sites for hydroxylation is 2. The van der Waals surface area contributed by atoms with Gasteiger partial charge in [0.15, 0.2) is 6.10 Å². The first-order valence-electron chi connectivity index (χ1n) is 9.52. The number of anilines is 1. The standard InChI is InChI=1S/C22H28N2O5S/c1-14-11-12-15(2)19(13-14)30(27,28)24-18-10-8-7-9-17(18)21(26)29-16(3)20(25)23-22(4,5)6/h7-13,16,24H,1-6H3,(H,23,25)/t16-/m0/s1. The lowest BCUT2D eigenvalue weighted by Crippen LogP contribution is -2.46. The number of ether oxygens (including phenoxy) is 1. The first-order chi connectivity index (χ1) is 13.8. The molecular weight excluding hydrogens is 404 g/mol. The summed E-state index contributed by atoms with van der Waals surface area (Å²) in [4.78, 5) is 25.0. The lowest BCUT2D eigenvalue weighted by Gasteiger charge is -2.23. The summed E-state index contributed by atoms with van der Waals surface area (Å²) in [6.45, 7) is 10.4. The smallest absolute Gasteiger partial charge is 0.341 e. The minimum absolute atomic E-state index is 0.0155. The van der Waals surface area contributed by atoms with Gasteiger partial charge in [0.1, 0.15) is 0 Å². The molecular formula is C22H28N2O5S. The van der Waals surface area contributed by atoms with E-state index in [9.17, 15) is 18.0 Å². The topological polar surface area (TPSA) is 102 Å². The fourth-order valence-electron chi connectivity index (χ4n) is 2.70. The molecule has 0 fully saturated rings. The summed E-state index contributed by atoms with van der Waals surface area (Å²) < 4.78 is 33.5. The van der Waals surface area contributed by atoms with Gasteiger partial charge in [0, 0.05) is 5.54 Å². The van der Waals surface area contributed by atoms with Gasteiger partial charge in [-0.15, -0.1) is 0 Å². The van der Waals surface area contributed by atoms with Crippen molar-refractivity contribution in [2.45, 2.75) is 58.1 Å². The molecule has 0 aromatic heterocycles. The highest BCUT2D eigenvalue weighted by molar-refractivity contribution is 7.92. The lowest BCUT2D eigenvalue weighted by atomic mass is 10.1. The molecule has 0 spiro atoms. The Labute approximate surface area is 177 Å². The minimum atomic E-state index is -3.93. The third-order valence-electron chi connectivity index (χ3n) is 4.18. The van der Waals surface area contributed by atoms with E-state index in [1.165, 1.54) is 19.1 Å². The highest BCUT2D eigenvalue weighted by atomic mass is 32.2. The van der Waals surface area contributed by atoms with Gasteiger partial charge in [-0.05, 0) is 70.9 Å². The van der Waals surface area contributed by atoms with E-state index < -0.39 is 33.5 Å². The van der Waals surface area contributed by atoms with E-state index in [4.69, 9.17) is 4.74 Å². The molecule has 8 heteroatoms. The van der Waals surface area contributed by atoms with Gasteiger partial charge in [-0.25, -0.2) is 13.2 Å². The third kappa shape index (κ3) is 6.06. The molecule has 2 aromatic carbocycles. The monoisotopic (exact) mass is 432 g/mol. The number of rotatable bonds is 6. The normalized spacial score (nSPS) is 12.7. The van der Waals surface area contributed by atoms with Crippen LogP contribution in [-0.4, -0.2) is 31.9 Å². The Kier molecular flexibility index (Phi) is 6.92. The minimum Gasteiger partial charge on any atom is -0.449 e. The van der Waals surface area contributed by atoms with Crippen LogP contribution in [0.25, 0.3) is 0 Å². The Bertz CT molecular complexity index is 1060. The maximum absolute atomic E-state index is 12.9. The number of para-hydroxylation sites is 1. The van der Waals surface area contributed by atoms with Crippen LogP contribution < -0.4 is 10.0 Å². The van der Waals surface area contributed by atoms with E-state index in [0.717, 1.165) is 5.56 Å². The predicted octanol–water partition coefficient (Wildman–Crippen LogP) is 3.56. The number of amides is 1. The SMILES string of the molecule is Cc1ccc(C)c(S(=O)(=O)Nc2ccccc2C(=O)O[C@@H](C)C(=O)NC(C)(C)C)c1. The maximum atomic E-state index is 12.9. The Balaban J connectivity index is 2.26. The third-order valence-corrected chi connectivity index (χ3v) is 5.68. The predicted molar refractivity (Wildman–Crippen MR) is 116 cm³/mol. The number of benzene rings is 2. The van der Waals surface area contributed by atoms with Gasteiger partial charge in [-0.1, -0.05) is 24.3 Å². The van der Waals surface area contributed by atoms with E-state index in [0.29, 0.717) is 5.56 Å². The van der Waals surface area contributed by atoms with Crippen LogP contribution in [0.4, 0.5) is 5.69 Å². The van der Waals surface area contributed by atoms with Crippen molar-refractivity contribution in [2.24, 2.45) is 0 Å². The van der Waals surface area contributed by atoms with Gasteiger partial charge in [0.25, 0.3) is 15.9 Å². The summed E-state index contributed by atoms with van der Waals surface area (Å²) in [5.74, 6) is -1.24. The maximum Gasteiger partial charge on any atom is 0.341 e. The van der Waals surface area contributed by atoms with Gasteiger partial charge in [-0.2, -0.15) is 0 Å². The van der Waals surface area contributed by atoms with Crippen molar-refractivity contribution in [1.29, 1.82) is 0 Å². The van der Waals surface area contributed by atoms with Crippen molar-refractivity contribution < 1.29 is 22.7 Å². The summed E-state index contributed by atoms with van der Waals surface area (Å²) in [5, 5.41) is 2.73. The molecule has 0 saturated carbocycles. The van der Waals surface area contributed by atoms with Crippen molar-refractivity contribution in [3.63, 3.8) is 0 Å². The Hall–Kier alpha value is -2.87. The molecule has 0 aliphatic carbocycles. The van der Waals surface area contributed by atoms with Crippen molar-refractivity contribution in [3.8, 4) is 0 Å². The fourth-order valence-corrected chi connectivity index (χ4v) is 4.11. The van der Waals surface area contributed by atoms with Crippen molar-refractivity contribution >= 4 is 27.6 Å². The molecule has 2 rings (SSSR count). The van der Waals surface area contributed by atoms with Crippen LogP contribution in [0.3, 0.4) is 0 Å². The summed E-state index contributed by atoms with van der Waals surface area (Å²) in [5.41, 5.74) is 0.998. The molecule has 7 nitrogen and oxygen atoms in total. The van der Waals surface area contributed by atoms with Crippen LogP contribution in [0, 0.1) is 13.8 Å². The molecule has 2 aromatic rings. The van der Waals surface area contributed by atoms with E-state index in [1.54, 1.807) is 38.1 Å². The molecule has 0 heterocycles. The van der Waals surface area contributed by atoms with Gasteiger partial charge < -0.3 is 10.1 Å². The number of sulfonamides is 1. The lowest BCUT2D eigenvalue weighted by molar-refractivity contribution is -0.130. The quantitative estimate of drug-likeness (QED) is 0.680. The van der Waals surface area contributed by atoms with Crippen LogP contribution in [0.5, 0.6) is 0 Å². The number of nitrogens with one attached hydrogen (secondary N) is 2. The highest BCUT2D eigenvalue weighted by Crippen LogP contribution is 2.24. The molecule has 0 radical (unpaired) electrons. The summed E-state index contributed by atoms with van der Waals surface area (Å²) in [6.07, 6.45) is -1.04. The van der Waals surface area contributed by atoms with Crippen molar-refractivity contribution in [1.82, 2.24) is 5.32 Å². The first-order valence-corrected chi connectivity index (χ1v) is 11.0. The molecule has 0 bridgehead atoms. The van der Waals surface area contributed by atoms with E-state index in [2.05, 4.69) is 10.0 Å². The summed E-state index contributed by atoms with van der Waals surface area (Å²) in [7, 11) is -3.93. The average molecular weight is 433 g/mol. The van der Waals surface area contributed by atoms with Crippen LogP contribution in [-0.2, 0) is 19.6 Å². The summed E-state index contributed by atoms with van der Waals surface area (Å²) in [6, 6.07) is 11.2. The van der Waals surface area contributed by atoms with Crippen LogP contribution in [0.15, 0.2) is 47.4 Å². The molecule has 0 saturated heterocycles. The average Bonchev–Trinajstić information content (AvgIpc) is 2.62. The molecule has 1 atom stereocenters. The molecule has 1 amide bonds. The van der Waals surface area contributed by atoms with E-state index in [-0.39, 0.29) is 16.1 Å². The number of hydrogen-bond donors (Lipinski definition) is 2. The Morgan fingerprint density at radius 1 is 1.03 bits per heavy atom. The molecule has 2 N–H and O–H groups in total. The largest absolute Gasteiger partial charge is 0.449 e. The molecule has 0 aliphatic heterocycles. The number of hydrogen-bond acceptors (Lipinski definition) is 5. The molecule has 162 valence electrons. The van der Waals surface area contributed by atoms with Gasteiger partial charge in [0.2, 0.25) is 0 Å². The summed E-state index contributed by atoms with van der Waals surface area (Å²) >= 11 is 0. The zero-order valence-electron chi connectivity index (χ0n) is 18.1. The Morgan fingerprint density at radius 3 is 2.30 bits per heavy atom. The van der Waals surface area contributed by atoms with Crippen LogP contribution in [0.2, 0.25) is 0 Å². The van der Waals surface area contributed by atoms with Gasteiger partial charge in [0.05, 0.1) is 16.1 Å². The Morgan fingerprint density at radius 2 is 1.67 bits per heavy atom. The zero-order valence-corrected chi connectivity index (χ0v) is 18.9. The van der Waals surface area contributed by atoms with Gasteiger partial charge >= 0.3 is 5.97 Å². The molecule has 30 heavy (non-hydrogen) atoms. The van der Waals surface area contributed by atoms with Crippen molar-refractivity contribution in [3.05, 3.63) is 59.2 Å². The van der Waals surface area contributed by atoms with Crippen molar-refractivity contribution in [2.75, 3.05) is 4.72 Å². The number of carbonyl (C=O) groups excluding carboxylic acids is 2. The number of esters is 1. The van der Waals surface area contributed by atoms with E-state index in [1.807, 2.05) is 26.8 Å². The van der Waals surface area contributed by atoms with Crippen LogP contribution in [0.1, 0.15) is 49.2 Å². The first kappa shape index (κ1) is 23.4. The zero-order chi connectivity index (χ0) is 22.7. The number of carbonyl (C=O) groups is 2. The molecule has 0 aliphatic rings. The fraction of sp³-hybridized carbons (Fsp3) is 0.364. The second-order valence-corrected chi connectivity index (χ2v) is 9.86. The molecule has 0 unspecified atom stereocenters. The van der Waals surface area contributed by atoms with Crippen LogP contribution >= 0.6 is 0 Å². The van der Waals surface area contributed by atoms with E-state index >= 15 is 0 Å². The van der Waals surface area contributed by atoms with Gasteiger partial charge in [-0.3, -0.25) is 9.52 Å². The second-order valence-electron chi connectivity index (χ2n) is 8.21. The highest BCUT2D eigenvalue weighted by Gasteiger charge is 2.25.